The lowest BCUT2D eigenvalue weighted by molar-refractivity contribution is -0.129. The molecule has 1 atom stereocenters. The molecule has 0 bridgehead atoms. The minimum absolute atomic E-state index is 0.0173. The molecular formula is C22H28N2O4S. The second-order valence-corrected chi connectivity index (χ2v) is 10.2. The van der Waals surface area contributed by atoms with Crippen LogP contribution < -0.4 is 5.32 Å². The summed E-state index contributed by atoms with van der Waals surface area (Å²) >= 11 is 0. The summed E-state index contributed by atoms with van der Waals surface area (Å²) in [6.45, 7) is 2.38. The highest BCUT2D eigenvalue weighted by molar-refractivity contribution is 7.89. The normalized spacial score (nSPS) is 22.0. The van der Waals surface area contributed by atoms with Gasteiger partial charge in [-0.3, -0.25) is 4.79 Å². The minimum atomic E-state index is -3.25. The molecule has 156 valence electrons. The van der Waals surface area contributed by atoms with Gasteiger partial charge in [0.1, 0.15) is 5.76 Å². The largest absolute Gasteiger partial charge is 0.469 e. The summed E-state index contributed by atoms with van der Waals surface area (Å²) in [5, 5.41) is 3.27. The van der Waals surface area contributed by atoms with Crippen molar-refractivity contribution in [3.05, 3.63) is 59.5 Å². The van der Waals surface area contributed by atoms with E-state index in [9.17, 15) is 13.2 Å². The van der Waals surface area contributed by atoms with E-state index in [0.717, 1.165) is 36.1 Å². The maximum atomic E-state index is 13.6. The second-order valence-electron chi connectivity index (χ2n) is 7.97. The second kappa shape index (κ2) is 7.95. The Bertz CT molecular complexity index is 960. The molecule has 2 heterocycles. The standard InChI is InChI=1S/C22H28N2O4S/c1-2-29(26,27)24-14-12-22(13-15-24,17-7-4-3-5-8-17)21(25)23-19-9-6-10-20-18(19)11-16-28-20/h3-5,7-8,11,16,19H,2,6,9-10,12-15H2,1H3,(H,23,25). The highest BCUT2D eigenvalue weighted by Crippen LogP contribution is 2.38. The Hall–Kier alpha value is -2.12. The fourth-order valence-electron chi connectivity index (χ4n) is 4.67. The maximum Gasteiger partial charge on any atom is 0.231 e. The van der Waals surface area contributed by atoms with Gasteiger partial charge in [-0.1, -0.05) is 30.3 Å². The molecule has 1 aliphatic carbocycles. The SMILES string of the molecule is CCS(=O)(=O)N1CCC(C(=O)NC2CCCc3occc32)(c2ccccc2)CC1. The van der Waals surface area contributed by atoms with E-state index in [1.807, 2.05) is 36.4 Å². The number of piperidine rings is 1. The van der Waals surface area contributed by atoms with E-state index in [1.54, 1.807) is 13.2 Å². The van der Waals surface area contributed by atoms with Gasteiger partial charge >= 0.3 is 0 Å². The summed E-state index contributed by atoms with van der Waals surface area (Å²) in [4.78, 5) is 13.6. The first kappa shape index (κ1) is 20.2. The van der Waals surface area contributed by atoms with Crippen LogP contribution in [-0.2, 0) is 26.7 Å². The van der Waals surface area contributed by atoms with Gasteiger partial charge in [0.15, 0.2) is 0 Å². The van der Waals surface area contributed by atoms with Crippen molar-refractivity contribution in [2.45, 2.75) is 50.5 Å². The van der Waals surface area contributed by atoms with Gasteiger partial charge < -0.3 is 9.73 Å². The number of hydrogen-bond acceptors (Lipinski definition) is 4. The van der Waals surface area contributed by atoms with Crippen LogP contribution in [0.3, 0.4) is 0 Å². The molecule has 1 unspecified atom stereocenters. The van der Waals surface area contributed by atoms with Crippen LogP contribution in [0.1, 0.15) is 55.5 Å². The van der Waals surface area contributed by atoms with Crippen LogP contribution in [0, 0.1) is 0 Å². The fraction of sp³-hybridized carbons (Fsp3) is 0.500. The van der Waals surface area contributed by atoms with Crippen LogP contribution >= 0.6 is 0 Å². The molecule has 1 amide bonds. The Labute approximate surface area is 172 Å². The van der Waals surface area contributed by atoms with E-state index >= 15 is 0 Å². The average Bonchev–Trinajstić information content (AvgIpc) is 3.24. The first-order valence-corrected chi connectivity index (χ1v) is 12.0. The first-order valence-electron chi connectivity index (χ1n) is 10.4. The Morgan fingerprint density at radius 1 is 1.21 bits per heavy atom. The number of hydrogen-bond donors (Lipinski definition) is 1. The van der Waals surface area contributed by atoms with E-state index < -0.39 is 15.4 Å². The molecule has 1 fully saturated rings. The van der Waals surface area contributed by atoms with E-state index in [-0.39, 0.29) is 17.7 Å². The van der Waals surface area contributed by atoms with Crippen molar-refractivity contribution in [1.82, 2.24) is 9.62 Å². The number of nitrogens with one attached hydrogen (secondary N) is 1. The smallest absolute Gasteiger partial charge is 0.231 e. The molecule has 29 heavy (non-hydrogen) atoms. The topological polar surface area (TPSA) is 79.6 Å². The molecule has 0 spiro atoms. The van der Waals surface area contributed by atoms with Crippen molar-refractivity contribution in [3.63, 3.8) is 0 Å². The number of amides is 1. The molecule has 1 saturated heterocycles. The van der Waals surface area contributed by atoms with Crippen LogP contribution in [-0.4, -0.2) is 37.5 Å². The molecule has 6 nitrogen and oxygen atoms in total. The molecule has 0 saturated carbocycles. The summed E-state index contributed by atoms with van der Waals surface area (Å²) in [7, 11) is -3.25. The van der Waals surface area contributed by atoms with Gasteiger partial charge in [0.25, 0.3) is 0 Å². The number of rotatable bonds is 5. The number of carbonyl (C=O) groups excluding carboxylic acids is 1. The van der Waals surface area contributed by atoms with Crippen molar-refractivity contribution < 1.29 is 17.6 Å². The molecule has 1 N–H and O–H groups in total. The fourth-order valence-corrected chi connectivity index (χ4v) is 5.77. The average molecular weight is 417 g/mol. The monoisotopic (exact) mass is 416 g/mol. The highest BCUT2D eigenvalue weighted by atomic mass is 32.2. The van der Waals surface area contributed by atoms with Crippen molar-refractivity contribution in [3.8, 4) is 0 Å². The first-order chi connectivity index (χ1) is 14.0. The van der Waals surface area contributed by atoms with Crippen molar-refractivity contribution in [1.29, 1.82) is 0 Å². The quantitative estimate of drug-likeness (QED) is 0.812. The van der Waals surface area contributed by atoms with Gasteiger partial charge in [0.05, 0.1) is 23.5 Å². The number of aryl methyl sites for hydroxylation is 1. The van der Waals surface area contributed by atoms with Gasteiger partial charge in [-0.15, -0.1) is 0 Å². The van der Waals surface area contributed by atoms with Crippen molar-refractivity contribution >= 4 is 15.9 Å². The Kier molecular flexibility index (Phi) is 5.53. The van der Waals surface area contributed by atoms with Crippen LogP contribution in [0.25, 0.3) is 0 Å². The van der Waals surface area contributed by atoms with E-state index in [2.05, 4.69) is 5.32 Å². The summed E-state index contributed by atoms with van der Waals surface area (Å²) < 4.78 is 31.7. The molecule has 0 radical (unpaired) electrons. The molecule has 2 aromatic rings. The molecule has 1 aromatic heterocycles. The Morgan fingerprint density at radius 2 is 1.93 bits per heavy atom. The lowest BCUT2D eigenvalue weighted by Crippen LogP contribution is -2.53. The molecule has 4 rings (SSSR count). The molecule has 7 heteroatoms. The zero-order chi connectivity index (χ0) is 20.5. The van der Waals surface area contributed by atoms with E-state index in [1.165, 1.54) is 4.31 Å². The summed E-state index contributed by atoms with van der Waals surface area (Å²) in [5.41, 5.74) is 1.30. The van der Waals surface area contributed by atoms with E-state index in [0.29, 0.717) is 25.9 Å². The highest BCUT2D eigenvalue weighted by Gasteiger charge is 2.45. The zero-order valence-corrected chi connectivity index (χ0v) is 17.6. The summed E-state index contributed by atoms with van der Waals surface area (Å²) in [5.74, 6) is 1.03. The Morgan fingerprint density at radius 3 is 2.62 bits per heavy atom. The van der Waals surface area contributed by atoms with Gasteiger partial charge in [-0.05, 0) is 44.2 Å². The predicted molar refractivity (Wildman–Crippen MR) is 111 cm³/mol. The van der Waals surface area contributed by atoms with Crippen LogP contribution in [0.4, 0.5) is 0 Å². The number of nitrogens with zero attached hydrogens (tertiary/aromatic N) is 1. The van der Waals surface area contributed by atoms with Crippen molar-refractivity contribution in [2.75, 3.05) is 18.8 Å². The van der Waals surface area contributed by atoms with Crippen LogP contribution in [0.5, 0.6) is 0 Å². The van der Waals surface area contributed by atoms with Gasteiger partial charge in [-0.2, -0.15) is 0 Å². The third-order valence-electron chi connectivity index (χ3n) is 6.45. The number of carbonyl (C=O) groups is 1. The molecule has 2 aliphatic rings. The third-order valence-corrected chi connectivity index (χ3v) is 8.33. The summed E-state index contributed by atoms with van der Waals surface area (Å²) in [6.07, 6.45) is 5.42. The molecule has 1 aliphatic heterocycles. The van der Waals surface area contributed by atoms with Crippen LogP contribution in [0.15, 0.2) is 47.1 Å². The van der Waals surface area contributed by atoms with Gasteiger partial charge in [-0.25, -0.2) is 12.7 Å². The van der Waals surface area contributed by atoms with Crippen LogP contribution in [0.2, 0.25) is 0 Å². The number of sulfonamides is 1. The molecular weight excluding hydrogens is 388 g/mol. The summed E-state index contributed by atoms with van der Waals surface area (Å²) in [6, 6.07) is 11.7. The zero-order valence-electron chi connectivity index (χ0n) is 16.8. The number of fused-ring (bicyclic) bond motifs is 1. The van der Waals surface area contributed by atoms with E-state index in [4.69, 9.17) is 4.42 Å². The van der Waals surface area contributed by atoms with Crippen molar-refractivity contribution in [2.24, 2.45) is 0 Å². The van der Waals surface area contributed by atoms with Gasteiger partial charge in [0.2, 0.25) is 15.9 Å². The third kappa shape index (κ3) is 3.73. The Balaban J connectivity index is 1.60. The number of benzene rings is 1. The number of furan rings is 1. The maximum absolute atomic E-state index is 13.6. The van der Waals surface area contributed by atoms with Gasteiger partial charge in [0, 0.05) is 25.1 Å². The lowest BCUT2D eigenvalue weighted by Gasteiger charge is -2.41. The molecule has 1 aromatic carbocycles. The minimum Gasteiger partial charge on any atom is -0.469 e. The predicted octanol–water partition coefficient (Wildman–Crippen LogP) is 3.16. The lowest BCUT2D eigenvalue weighted by atomic mass is 9.72.